The monoisotopic (exact) mass is 271 g/mol. The summed E-state index contributed by atoms with van der Waals surface area (Å²) in [4.78, 5) is 14.0. The van der Waals surface area contributed by atoms with E-state index in [1.54, 1.807) is 0 Å². The molecule has 5 heteroatoms. The maximum absolute atomic E-state index is 11.7. The van der Waals surface area contributed by atoms with Gasteiger partial charge < -0.3 is 15.8 Å². The molecule has 2 atom stereocenters. The van der Waals surface area contributed by atoms with Crippen LogP contribution in [0.5, 0.6) is 0 Å². The molecule has 0 aromatic rings. The zero-order valence-corrected chi connectivity index (χ0v) is 12.6. The van der Waals surface area contributed by atoms with Gasteiger partial charge in [-0.25, -0.2) is 0 Å². The van der Waals surface area contributed by atoms with Crippen molar-refractivity contribution in [2.24, 2.45) is 5.73 Å². The Morgan fingerprint density at radius 1 is 1.53 bits per heavy atom. The summed E-state index contributed by atoms with van der Waals surface area (Å²) < 4.78 is 5.76. The highest BCUT2D eigenvalue weighted by molar-refractivity contribution is 5.84. The van der Waals surface area contributed by atoms with E-state index in [2.05, 4.69) is 24.1 Å². The van der Waals surface area contributed by atoms with E-state index in [0.717, 1.165) is 45.5 Å². The van der Waals surface area contributed by atoms with E-state index < -0.39 is 5.54 Å². The molecule has 2 unspecified atom stereocenters. The van der Waals surface area contributed by atoms with E-state index in [0.29, 0.717) is 6.54 Å². The molecule has 0 aromatic heterocycles. The van der Waals surface area contributed by atoms with Gasteiger partial charge in [0, 0.05) is 26.2 Å². The molecule has 3 N–H and O–H groups in total. The molecule has 0 aliphatic carbocycles. The molecule has 0 radical (unpaired) electrons. The molecule has 1 saturated heterocycles. The number of nitrogens with one attached hydrogen (secondary N) is 1. The summed E-state index contributed by atoms with van der Waals surface area (Å²) >= 11 is 0. The Labute approximate surface area is 116 Å². The molecule has 1 amide bonds. The summed E-state index contributed by atoms with van der Waals surface area (Å²) in [5, 5.41) is 3.29. The topological polar surface area (TPSA) is 67.6 Å². The third-order valence-corrected chi connectivity index (χ3v) is 3.74. The number of primary amides is 1. The van der Waals surface area contributed by atoms with Gasteiger partial charge in [0.2, 0.25) is 5.91 Å². The number of carbonyl (C=O) groups is 1. The van der Waals surface area contributed by atoms with Crippen LogP contribution in [-0.4, -0.2) is 55.2 Å². The van der Waals surface area contributed by atoms with Crippen LogP contribution in [-0.2, 0) is 9.53 Å². The van der Waals surface area contributed by atoms with E-state index in [9.17, 15) is 4.79 Å². The molecule has 1 heterocycles. The zero-order valence-electron chi connectivity index (χ0n) is 12.6. The minimum absolute atomic E-state index is 0.269. The second kappa shape index (κ2) is 7.82. The molecular weight excluding hydrogens is 242 g/mol. The van der Waals surface area contributed by atoms with Crippen molar-refractivity contribution in [1.29, 1.82) is 0 Å². The Morgan fingerprint density at radius 3 is 2.84 bits per heavy atom. The van der Waals surface area contributed by atoms with Crippen LogP contribution in [0.4, 0.5) is 0 Å². The Bertz CT molecular complexity index is 286. The average molecular weight is 271 g/mol. The predicted octanol–water partition coefficient (Wildman–Crippen LogP) is 0.731. The first kappa shape index (κ1) is 16.4. The zero-order chi connectivity index (χ0) is 14.3. The van der Waals surface area contributed by atoms with Crippen LogP contribution in [0, 0.1) is 0 Å². The number of rotatable bonds is 7. The van der Waals surface area contributed by atoms with Crippen molar-refractivity contribution in [1.82, 2.24) is 10.2 Å². The lowest BCUT2D eigenvalue weighted by atomic mass is 10.00. The van der Waals surface area contributed by atoms with Crippen molar-refractivity contribution in [3.05, 3.63) is 0 Å². The molecule has 0 bridgehead atoms. The van der Waals surface area contributed by atoms with Crippen molar-refractivity contribution in [3.63, 3.8) is 0 Å². The van der Waals surface area contributed by atoms with Gasteiger partial charge in [-0.15, -0.1) is 0 Å². The number of nitrogens with zero attached hydrogens (tertiary/aromatic N) is 1. The van der Waals surface area contributed by atoms with E-state index in [1.807, 2.05) is 6.92 Å². The van der Waals surface area contributed by atoms with Gasteiger partial charge in [-0.3, -0.25) is 9.69 Å². The van der Waals surface area contributed by atoms with Gasteiger partial charge in [0.25, 0.3) is 0 Å². The summed E-state index contributed by atoms with van der Waals surface area (Å²) in [5.74, 6) is -0.279. The number of hydrogen-bond donors (Lipinski definition) is 2. The number of ether oxygens (including phenoxy) is 1. The van der Waals surface area contributed by atoms with Crippen molar-refractivity contribution in [3.8, 4) is 0 Å². The minimum Gasteiger partial charge on any atom is -0.377 e. The summed E-state index contributed by atoms with van der Waals surface area (Å²) in [5.41, 5.74) is 4.92. The molecule has 19 heavy (non-hydrogen) atoms. The number of hydrogen-bond acceptors (Lipinski definition) is 4. The normalized spacial score (nSPS) is 24.7. The summed E-state index contributed by atoms with van der Waals surface area (Å²) in [6, 6.07) is 0. The predicted molar refractivity (Wildman–Crippen MR) is 77.0 cm³/mol. The third-order valence-electron chi connectivity index (χ3n) is 3.74. The van der Waals surface area contributed by atoms with Gasteiger partial charge in [-0.2, -0.15) is 0 Å². The number of nitrogens with two attached hydrogens (primary N) is 1. The van der Waals surface area contributed by atoms with Crippen LogP contribution in [0.2, 0.25) is 0 Å². The highest BCUT2D eigenvalue weighted by Gasteiger charge is 2.33. The summed E-state index contributed by atoms with van der Waals surface area (Å²) in [7, 11) is 0. The lowest BCUT2D eigenvalue weighted by Crippen LogP contribution is -2.60. The molecule has 1 aliphatic heterocycles. The lowest BCUT2D eigenvalue weighted by Gasteiger charge is -2.34. The SMILES string of the molecule is CCCNC(C)(CN1CCCOC(CC)C1)C(N)=O. The van der Waals surface area contributed by atoms with E-state index >= 15 is 0 Å². The standard InChI is InChI=1S/C14H29N3O2/c1-4-7-16-14(3,13(15)18)11-17-8-6-9-19-12(5-2)10-17/h12,16H,4-11H2,1-3H3,(H2,15,18). The maximum atomic E-state index is 11.7. The Kier molecular flexibility index (Phi) is 6.75. The summed E-state index contributed by atoms with van der Waals surface area (Å²) in [6.07, 6.45) is 3.28. The first-order chi connectivity index (χ1) is 9.01. The van der Waals surface area contributed by atoms with Gasteiger partial charge in [-0.05, 0) is 32.7 Å². The van der Waals surface area contributed by atoms with Crippen LogP contribution in [0.15, 0.2) is 0 Å². The molecule has 0 saturated carbocycles. The van der Waals surface area contributed by atoms with Crippen molar-refractivity contribution >= 4 is 5.91 Å². The van der Waals surface area contributed by atoms with Gasteiger partial charge in [0.05, 0.1) is 6.10 Å². The van der Waals surface area contributed by atoms with Crippen LogP contribution in [0.3, 0.4) is 0 Å². The second-order valence-electron chi connectivity index (χ2n) is 5.61. The summed E-state index contributed by atoms with van der Waals surface area (Å²) in [6.45, 7) is 10.2. The van der Waals surface area contributed by atoms with Gasteiger partial charge in [0.15, 0.2) is 0 Å². The molecule has 5 nitrogen and oxygen atoms in total. The van der Waals surface area contributed by atoms with Crippen molar-refractivity contribution in [2.45, 2.75) is 51.7 Å². The van der Waals surface area contributed by atoms with Crippen LogP contribution in [0.25, 0.3) is 0 Å². The molecule has 0 aromatic carbocycles. The molecule has 1 rings (SSSR count). The Balaban J connectivity index is 2.63. The van der Waals surface area contributed by atoms with Gasteiger partial charge in [-0.1, -0.05) is 13.8 Å². The fraction of sp³-hybridized carbons (Fsp3) is 0.929. The number of amides is 1. The van der Waals surface area contributed by atoms with E-state index in [-0.39, 0.29) is 12.0 Å². The average Bonchev–Trinajstić information content (AvgIpc) is 2.61. The quantitative estimate of drug-likeness (QED) is 0.716. The minimum atomic E-state index is -0.654. The molecule has 0 spiro atoms. The fourth-order valence-electron chi connectivity index (χ4n) is 2.43. The first-order valence-electron chi connectivity index (χ1n) is 7.40. The first-order valence-corrected chi connectivity index (χ1v) is 7.40. The van der Waals surface area contributed by atoms with E-state index in [1.165, 1.54) is 0 Å². The van der Waals surface area contributed by atoms with Crippen LogP contribution in [0.1, 0.15) is 40.0 Å². The largest absolute Gasteiger partial charge is 0.377 e. The third kappa shape index (κ3) is 5.09. The highest BCUT2D eigenvalue weighted by Crippen LogP contribution is 2.13. The number of carbonyl (C=O) groups excluding carboxylic acids is 1. The fourth-order valence-corrected chi connectivity index (χ4v) is 2.43. The second-order valence-corrected chi connectivity index (χ2v) is 5.61. The van der Waals surface area contributed by atoms with Crippen molar-refractivity contribution in [2.75, 3.05) is 32.8 Å². The van der Waals surface area contributed by atoms with Gasteiger partial charge in [0.1, 0.15) is 5.54 Å². The molecule has 112 valence electrons. The Hall–Kier alpha value is -0.650. The van der Waals surface area contributed by atoms with Crippen LogP contribution < -0.4 is 11.1 Å². The smallest absolute Gasteiger partial charge is 0.238 e. The van der Waals surface area contributed by atoms with E-state index in [4.69, 9.17) is 10.5 Å². The molecule has 1 aliphatic rings. The van der Waals surface area contributed by atoms with Gasteiger partial charge >= 0.3 is 0 Å². The van der Waals surface area contributed by atoms with Crippen LogP contribution >= 0.6 is 0 Å². The molecule has 1 fully saturated rings. The maximum Gasteiger partial charge on any atom is 0.238 e. The lowest BCUT2D eigenvalue weighted by molar-refractivity contribution is -0.124. The Morgan fingerprint density at radius 2 is 2.26 bits per heavy atom. The molecular formula is C14H29N3O2. The van der Waals surface area contributed by atoms with Crippen molar-refractivity contribution < 1.29 is 9.53 Å². The highest BCUT2D eigenvalue weighted by atomic mass is 16.5.